The molecule has 4 rings (SSSR count). The first-order chi connectivity index (χ1) is 15.6. The lowest BCUT2D eigenvalue weighted by atomic mass is 9.69. The van der Waals surface area contributed by atoms with Gasteiger partial charge in [-0.05, 0) is 61.3 Å². The zero-order valence-corrected chi connectivity index (χ0v) is 21.2. The molecule has 0 spiro atoms. The van der Waals surface area contributed by atoms with Crippen molar-refractivity contribution in [2.24, 2.45) is 23.7 Å². The predicted octanol–water partition coefficient (Wildman–Crippen LogP) is 4.53. The number of esters is 2. The third kappa shape index (κ3) is 4.28. The molecule has 7 atom stereocenters. The molecule has 2 aliphatic heterocycles. The van der Waals surface area contributed by atoms with Crippen LogP contribution in [0.15, 0.2) is 34.8 Å². The number of hydrogen-bond donors (Lipinski definition) is 1. The highest BCUT2D eigenvalue weighted by molar-refractivity contribution is 9.10. The summed E-state index contributed by atoms with van der Waals surface area (Å²) in [4.78, 5) is 25.0. The van der Waals surface area contributed by atoms with Gasteiger partial charge in [-0.15, -0.1) is 0 Å². The normalized spacial score (nSPS) is 37.4. The van der Waals surface area contributed by atoms with Crippen molar-refractivity contribution in [1.29, 1.82) is 0 Å². The minimum atomic E-state index is -0.754. The quantitative estimate of drug-likeness (QED) is 0.438. The van der Waals surface area contributed by atoms with Crippen molar-refractivity contribution in [3.8, 4) is 0 Å². The Balaban J connectivity index is 1.64. The predicted molar refractivity (Wildman–Crippen MR) is 127 cm³/mol. The topological polar surface area (TPSA) is 82.1 Å². The van der Waals surface area contributed by atoms with Crippen LogP contribution in [0.4, 0.5) is 0 Å². The molecule has 2 saturated heterocycles. The van der Waals surface area contributed by atoms with Crippen molar-refractivity contribution >= 4 is 33.9 Å². The molecule has 1 saturated carbocycles. The maximum Gasteiger partial charge on any atom is 0.332 e. The zero-order valence-electron chi connectivity index (χ0n) is 19.6. The average Bonchev–Trinajstić information content (AvgIpc) is 3.29. The fourth-order valence-electron chi connectivity index (χ4n) is 6.34. The first-order valence-electron chi connectivity index (χ1n) is 11.8. The molecule has 1 aromatic carbocycles. The third-order valence-corrected chi connectivity index (χ3v) is 8.61. The van der Waals surface area contributed by atoms with Crippen molar-refractivity contribution in [3.05, 3.63) is 40.4 Å². The van der Waals surface area contributed by atoms with Gasteiger partial charge in [0.05, 0.1) is 0 Å². The van der Waals surface area contributed by atoms with Crippen LogP contribution in [0, 0.1) is 23.7 Å². The standard InChI is InChI=1S/C26H33BrO6/c1-15(2)26-13-20(31-22(30)14-28)25(4,33-26)19-11-5-16(3)23(19)24(26)32-21(29)12-8-17-6-9-18(27)10-7-17/h6-10,12,15-16,19-20,23-24,28H,5,11,13-14H2,1-4H3/b12-8+/t16-,19-,20-,23-,24+,25+,26-/m1/s1. The summed E-state index contributed by atoms with van der Waals surface area (Å²) in [6, 6.07) is 7.69. The summed E-state index contributed by atoms with van der Waals surface area (Å²) in [5, 5.41) is 9.27. The molecule has 0 aromatic heterocycles. The summed E-state index contributed by atoms with van der Waals surface area (Å²) in [6.07, 6.45) is 4.67. The van der Waals surface area contributed by atoms with Gasteiger partial charge in [0.15, 0.2) is 0 Å². The van der Waals surface area contributed by atoms with E-state index in [9.17, 15) is 14.7 Å². The van der Waals surface area contributed by atoms with Crippen molar-refractivity contribution in [2.75, 3.05) is 6.61 Å². The minimum Gasteiger partial charge on any atom is -0.457 e. The number of benzene rings is 1. The molecule has 1 N–H and O–H groups in total. The molecule has 33 heavy (non-hydrogen) atoms. The second kappa shape index (κ2) is 9.16. The van der Waals surface area contributed by atoms with Crippen LogP contribution >= 0.6 is 15.9 Å². The Hall–Kier alpha value is -1.70. The van der Waals surface area contributed by atoms with Crippen LogP contribution in [0.5, 0.6) is 0 Å². The number of aliphatic hydroxyl groups is 1. The van der Waals surface area contributed by atoms with Gasteiger partial charge in [0.1, 0.15) is 30.0 Å². The van der Waals surface area contributed by atoms with Gasteiger partial charge >= 0.3 is 11.9 Å². The molecule has 180 valence electrons. The highest BCUT2D eigenvalue weighted by Crippen LogP contribution is 2.63. The molecule has 1 aromatic rings. The minimum absolute atomic E-state index is 0.0386. The lowest BCUT2D eigenvalue weighted by molar-refractivity contribution is -0.264. The van der Waals surface area contributed by atoms with E-state index in [1.54, 1.807) is 6.08 Å². The largest absolute Gasteiger partial charge is 0.457 e. The number of aliphatic hydroxyl groups excluding tert-OH is 1. The van der Waals surface area contributed by atoms with Crippen LogP contribution in [0.1, 0.15) is 52.5 Å². The van der Waals surface area contributed by atoms with Gasteiger partial charge in [0, 0.05) is 22.9 Å². The Bertz CT molecular complexity index is 927. The zero-order chi connectivity index (χ0) is 24.0. The lowest BCUT2D eigenvalue weighted by Crippen LogP contribution is -2.62. The van der Waals surface area contributed by atoms with E-state index >= 15 is 0 Å². The second-order valence-electron chi connectivity index (χ2n) is 10.2. The van der Waals surface area contributed by atoms with E-state index in [4.69, 9.17) is 14.2 Å². The smallest absolute Gasteiger partial charge is 0.332 e. The summed E-state index contributed by atoms with van der Waals surface area (Å²) in [6.45, 7) is 7.70. The van der Waals surface area contributed by atoms with E-state index in [0.717, 1.165) is 22.9 Å². The summed E-state index contributed by atoms with van der Waals surface area (Å²) in [5.41, 5.74) is -0.512. The van der Waals surface area contributed by atoms with Gasteiger partial charge in [0.2, 0.25) is 0 Å². The number of halogens is 1. The van der Waals surface area contributed by atoms with E-state index in [2.05, 4.69) is 36.7 Å². The molecule has 0 unspecified atom stereocenters. The van der Waals surface area contributed by atoms with E-state index in [0.29, 0.717) is 12.3 Å². The molecule has 0 radical (unpaired) electrons. The molecular formula is C26H33BrO6. The summed E-state index contributed by atoms with van der Waals surface area (Å²) >= 11 is 3.41. The molecule has 3 fully saturated rings. The van der Waals surface area contributed by atoms with E-state index < -0.39 is 42.0 Å². The highest BCUT2D eigenvalue weighted by atomic mass is 79.9. The molecule has 1 aliphatic carbocycles. The Labute approximate surface area is 203 Å². The first kappa shape index (κ1) is 24.4. The molecule has 2 bridgehead atoms. The SMILES string of the molecule is CC(C)[C@@]12C[C@@H](OC(=O)CO)[C@@](C)(O1)[C@@H]1CC[C@@H](C)[C@H]1[C@@H]2OC(=O)/C=C/c1ccc(Br)cc1. The number of fused-ring (bicyclic) bond motifs is 4. The Morgan fingerprint density at radius 2 is 1.94 bits per heavy atom. The third-order valence-electron chi connectivity index (χ3n) is 8.08. The van der Waals surface area contributed by atoms with Gasteiger partial charge < -0.3 is 19.3 Å². The molecular weight excluding hydrogens is 488 g/mol. The van der Waals surface area contributed by atoms with E-state index in [-0.39, 0.29) is 17.8 Å². The lowest BCUT2D eigenvalue weighted by Gasteiger charge is -2.52. The number of ether oxygens (including phenoxy) is 3. The first-order valence-corrected chi connectivity index (χ1v) is 12.5. The Kier molecular flexibility index (Phi) is 6.78. The van der Waals surface area contributed by atoms with Crippen LogP contribution in [0.2, 0.25) is 0 Å². The molecule has 2 heterocycles. The van der Waals surface area contributed by atoms with Crippen molar-refractivity contribution in [2.45, 2.75) is 70.4 Å². The molecule has 3 aliphatic rings. The van der Waals surface area contributed by atoms with Crippen LogP contribution in [0.25, 0.3) is 6.08 Å². The summed E-state index contributed by atoms with van der Waals surface area (Å²) in [5.74, 6) is -0.428. The Morgan fingerprint density at radius 3 is 2.58 bits per heavy atom. The van der Waals surface area contributed by atoms with Crippen LogP contribution in [0.3, 0.4) is 0 Å². The van der Waals surface area contributed by atoms with E-state index in [1.807, 2.05) is 31.2 Å². The summed E-state index contributed by atoms with van der Waals surface area (Å²) < 4.78 is 19.6. The highest BCUT2D eigenvalue weighted by Gasteiger charge is 2.72. The van der Waals surface area contributed by atoms with Gasteiger partial charge in [-0.1, -0.05) is 48.8 Å². The number of hydrogen-bond acceptors (Lipinski definition) is 6. The van der Waals surface area contributed by atoms with Gasteiger partial charge in [0.25, 0.3) is 0 Å². The maximum absolute atomic E-state index is 13.0. The molecule has 7 heteroatoms. The van der Waals surface area contributed by atoms with Crippen molar-refractivity contribution < 1.29 is 28.9 Å². The summed E-state index contributed by atoms with van der Waals surface area (Å²) in [7, 11) is 0. The second-order valence-corrected chi connectivity index (χ2v) is 11.1. The Morgan fingerprint density at radius 1 is 1.24 bits per heavy atom. The number of carbonyl (C=O) groups is 2. The van der Waals surface area contributed by atoms with E-state index in [1.165, 1.54) is 6.08 Å². The number of rotatable bonds is 6. The van der Waals surface area contributed by atoms with Crippen LogP contribution in [-0.4, -0.2) is 47.1 Å². The van der Waals surface area contributed by atoms with Gasteiger partial charge in [-0.3, -0.25) is 0 Å². The average molecular weight is 521 g/mol. The van der Waals surface area contributed by atoms with Gasteiger partial charge in [-0.25, -0.2) is 9.59 Å². The number of carbonyl (C=O) groups excluding carboxylic acids is 2. The molecule has 6 nitrogen and oxygen atoms in total. The monoisotopic (exact) mass is 520 g/mol. The molecule has 0 amide bonds. The maximum atomic E-state index is 13.0. The van der Waals surface area contributed by atoms with Crippen LogP contribution < -0.4 is 0 Å². The van der Waals surface area contributed by atoms with Gasteiger partial charge in [-0.2, -0.15) is 0 Å². The van der Waals surface area contributed by atoms with Crippen molar-refractivity contribution in [1.82, 2.24) is 0 Å². The fourth-order valence-corrected chi connectivity index (χ4v) is 6.61. The van der Waals surface area contributed by atoms with Crippen molar-refractivity contribution in [3.63, 3.8) is 0 Å². The fraction of sp³-hybridized carbons (Fsp3) is 0.615. The van der Waals surface area contributed by atoms with Crippen LogP contribution in [-0.2, 0) is 23.8 Å².